The number of ether oxygens (including phenoxy) is 1. The molecule has 0 aliphatic heterocycles. The number of benzene rings is 1. The van der Waals surface area contributed by atoms with E-state index in [1.165, 1.54) is 11.1 Å². The van der Waals surface area contributed by atoms with Crippen LogP contribution >= 0.6 is 0 Å². The third-order valence-corrected chi connectivity index (χ3v) is 4.56. The van der Waals surface area contributed by atoms with Crippen molar-refractivity contribution in [3.63, 3.8) is 0 Å². The number of methoxy groups -OCH3 is 1. The molecule has 0 bridgehead atoms. The standard InChI is InChI=1S/C20H22N6O/c1-13-4-6-15(7-5-13)10-18-17-11-16(21-8-9-27-3)12-22-19(17)20-24-23-14(2)26(20)25-18/h4-7,11-12,21H,8-10H2,1-3H3. The topological polar surface area (TPSA) is 77.2 Å². The number of aromatic nitrogens is 5. The van der Waals surface area contributed by atoms with Crippen LogP contribution in [-0.2, 0) is 11.2 Å². The molecule has 3 heterocycles. The van der Waals surface area contributed by atoms with E-state index < -0.39 is 0 Å². The van der Waals surface area contributed by atoms with Crippen molar-refractivity contribution in [3.05, 3.63) is 59.2 Å². The van der Waals surface area contributed by atoms with Crippen LogP contribution in [-0.4, -0.2) is 45.1 Å². The Morgan fingerprint density at radius 1 is 1.11 bits per heavy atom. The monoisotopic (exact) mass is 362 g/mol. The average Bonchev–Trinajstić information content (AvgIpc) is 3.05. The third-order valence-electron chi connectivity index (χ3n) is 4.56. The normalized spacial score (nSPS) is 11.4. The summed E-state index contributed by atoms with van der Waals surface area (Å²) < 4.78 is 6.88. The highest BCUT2D eigenvalue weighted by atomic mass is 16.5. The Balaban J connectivity index is 1.82. The highest BCUT2D eigenvalue weighted by Gasteiger charge is 2.14. The Labute approximate surface area is 157 Å². The number of pyridine rings is 1. The molecule has 7 nitrogen and oxygen atoms in total. The van der Waals surface area contributed by atoms with Gasteiger partial charge in [0.2, 0.25) is 5.65 Å². The van der Waals surface area contributed by atoms with Gasteiger partial charge in [0.25, 0.3) is 0 Å². The van der Waals surface area contributed by atoms with Crippen LogP contribution in [0.3, 0.4) is 0 Å². The number of aryl methyl sites for hydroxylation is 2. The van der Waals surface area contributed by atoms with E-state index in [-0.39, 0.29) is 0 Å². The SMILES string of the molecule is COCCNc1cnc2c(c1)c(Cc1ccc(C)cc1)nn1c(C)nnc21. The summed E-state index contributed by atoms with van der Waals surface area (Å²) in [4.78, 5) is 4.65. The molecule has 138 valence electrons. The van der Waals surface area contributed by atoms with Crippen LogP contribution in [0.15, 0.2) is 36.5 Å². The Morgan fingerprint density at radius 2 is 1.93 bits per heavy atom. The van der Waals surface area contributed by atoms with Crippen LogP contribution in [0, 0.1) is 13.8 Å². The van der Waals surface area contributed by atoms with Gasteiger partial charge in [0.1, 0.15) is 5.52 Å². The van der Waals surface area contributed by atoms with E-state index in [0.29, 0.717) is 18.7 Å². The number of hydrogen-bond acceptors (Lipinski definition) is 6. The Bertz CT molecular complexity index is 1090. The Hall–Kier alpha value is -3.06. The summed E-state index contributed by atoms with van der Waals surface area (Å²) in [5, 5.41) is 17.6. The fourth-order valence-electron chi connectivity index (χ4n) is 3.09. The molecule has 3 aromatic heterocycles. The molecule has 4 rings (SSSR count). The van der Waals surface area contributed by atoms with Crippen LogP contribution in [0.2, 0.25) is 0 Å². The van der Waals surface area contributed by atoms with E-state index >= 15 is 0 Å². The molecule has 0 saturated heterocycles. The molecule has 1 N–H and O–H groups in total. The van der Waals surface area contributed by atoms with Gasteiger partial charge in [-0.25, -0.2) is 4.98 Å². The van der Waals surface area contributed by atoms with E-state index in [9.17, 15) is 0 Å². The minimum absolute atomic E-state index is 0.634. The number of hydrogen-bond donors (Lipinski definition) is 1. The van der Waals surface area contributed by atoms with Crippen LogP contribution in [0.4, 0.5) is 5.69 Å². The number of fused-ring (bicyclic) bond motifs is 3. The zero-order valence-electron chi connectivity index (χ0n) is 15.7. The van der Waals surface area contributed by atoms with Gasteiger partial charge in [-0.2, -0.15) is 9.61 Å². The lowest BCUT2D eigenvalue weighted by Gasteiger charge is -2.11. The lowest BCUT2D eigenvalue weighted by molar-refractivity contribution is 0.211. The van der Waals surface area contributed by atoms with Crippen molar-refractivity contribution >= 4 is 22.2 Å². The minimum atomic E-state index is 0.634. The van der Waals surface area contributed by atoms with E-state index in [2.05, 4.69) is 57.8 Å². The summed E-state index contributed by atoms with van der Waals surface area (Å²) in [5.74, 6) is 0.751. The zero-order valence-corrected chi connectivity index (χ0v) is 15.7. The molecule has 0 aliphatic carbocycles. The van der Waals surface area contributed by atoms with Crippen LogP contribution in [0.1, 0.15) is 22.6 Å². The molecule has 0 amide bonds. The molecular weight excluding hydrogens is 340 g/mol. The maximum absolute atomic E-state index is 5.11. The second-order valence-corrected chi connectivity index (χ2v) is 6.63. The van der Waals surface area contributed by atoms with E-state index in [0.717, 1.165) is 34.7 Å². The molecule has 27 heavy (non-hydrogen) atoms. The van der Waals surface area contributed by atoms with Gasteiger partial charge in [0, 0.05) is 25.5 Å². The Kier molecular flexibility index (Phi) is 4.68. The predicted molar refractivity (Wildman–Crippen MR) is 105 cm³/mol. The van der Waals surface area contributed by atoms with Crippen molar-refractivity contribution in [1.82, 2.24) is 24.8 Å². The van der Waals surface area contributed by atoms with Gasteiger partial charge < -0.3 is 10.1 Å². The second kappa shape index (κ2) is 7.28. The van der Waals surface area contributed by atoms with Crippen molar-refractivity contribution in [1.29, 1.82) is 0 Å². The molecule has 0 spiro atoms. The highest BCUT2D eigenvalue weighted by molar-refractivity contribution is 5.93. The first-order valence-electron chi connectivity index (χ1n) is 8.94. The highest BCUT2D eigenvalue weighted by Crippen LogP contribution is 2.24. The molecule has 7 heteroatoms. The summed E-state index contributed by atoms with van der Waals surface area (Å²) in [6.07, 6.45) is 2.53. The molecular formula is C20H22N6O. The van der Waals surface area contributed by atoms with Crippen LogP contribution in [0.5, 0.6) is 0 Å². The average molecular weight is 362 g/mol. The summed E-state index contributed by atoms with van der Waals surface area (Å²) in [6.45, 7) is 5.34. The molecule has 0 aliphatic rings. The predicted octanol–water partition coefficient (Wildman–Crippen LogP) is 2.94. The van der Waals surface area contributed by atoms with Gasteiger partial charge in [0.15, 0.2) is 5.82 Å². The largest absolute Gasteiger partial charge is 0.383 e. The molecule has 0 radical (unpaired) electrons. The van der Waals surface area contributed by atoms with Gasteiger partial charge in [-0.3, -0.25) is 0 Å². The number of nitrogens with one attached hydrogen (secondary N) is 1. The summed E-state index contributed by atoms with van der Waals surface area (Å²) in [7, 11) is 1.69. The van der Waals surface area contributed by atoms with Crippen molar-refractivity contribution in [2.45, 2.75) is 20.3 Å². The van der Waals surface area contributed by atoms with Crippen molar-refractivity contribution in [3.8, 4) is 0 Å². The van der Waals surface area contributed by atoms with Crippen LogP contribution < -0.4 is 5.32 Å². The van der Waals surface area contributed by atoms with E-state index in [1.807, 2.05) is 13.1 Å². The molecule has 1 aromatic carbocycles. The lowest BCUT2D eigenvalue weighted by atomic mass is 10.0. The number of anilines is 1. The first kappa shape index (κ1) is 17.4. The Morgan fingerprint density at radius 3 is 2.70 bits per heavy atom. The molecule has 0 saturated carbocycles. The first-order valence-corrected chi connectivity index (χ1v) is 8.94. The minimum Gasteiger partial charge on any atom is -0.383 e. The third kappa shape index (κ3) is 3.46. The fraction of sp³-hybridized carbons (Fsp3) is 0.300. The van der Waals surface area contributed by atoms with Gasteiger partial charge in [-0.05, 0) is 25.5 Å². The fourth-order valence-corrected chi connectivity index (χ4v) is 3.09. The van der Waals surface area contributed by atoms with Crippen molar-refractivity contribution < 1.29 is 4.74 Å². The maximum Gasteiger partial charge on any atom is 0.204 e. The van der Waals surface area contributed by atoms with Crippen molar-refractivity contribution in [2.75, 3.05) is 25.6 Å². The molecule has 0 fully saturated rings. The van der Waals surface area contributed by atoms with Gasteiger partial charge in [-0.1, -0.05) is 29.8 Å². The van der Waals surface area contributed by atoms with Crippen LogP contribution in [0.25, 0.3) is 16.6 Å². The van der Waals surface area contributed by atoms with Gasteiger partial charge in [0.05, 0.1) is 24.2 Å². The first-order chi connectivity index (χ1) is 13.2. The second-order valence-electron chi connectivity index (χ2n) is 6.63. The summed E-state index contributed by atoms with van der Waals surface area (Å²) in [5.41, 5.74) is 5.83. The zero-order chi connectivity index (χ0) is 18.8. The summed E-state index contributed by atoms with van der Waals surface area (Å²) in [6, 6.07) is 10.6. The van der Waals surface area contributed by atoms with Gasteiger partial charge >= 0.3 is 0 Å². The molecule has 0 atom stereocenters. The smallest absolute Gasteiger partial charge is 0.204 e. The summed E-state index contributed by atoms with van der Waals surface area (Å²) >= 11 is 0. The van der Waals surface area contributed by atoms with Crippen molar-refractivity contribution in [2.24, 2.45) is 0 Å². The van der Waals surface area contributed by atoms with E-state index in [4.69, 9.17) is 9.84 Å². The molecule has 0 unspecified atom stereocenters. The number of nitrogens with zero attached hydrogens (tertiary/aromatic N) is 5. The number of rotatable bonds is 6. The molecule has 4 aromatic rings. The quantitative estimate of drug-likeness (QED) is 0.532. The lowest BCUT2D eigenvalue weighted by Crippen LogP contribution is -2.09. The van der Waals surface area contributed by atoms with Gasteiger partial charge in [-0.15, -0.1) is 10.2 Å². The van der Waals surface area contributed by atoms with E-state index in [1.54, 1.807) is 11.6 Å². The maximum atomic E-state index is 5.11.